The lowest BCUT2D eigenvalue weighted by atomic mass is 10.1. The number of rotatable bonds is 7. The van der Waals surface area contributed by atoms with E-state index in [0.717, 1.165) is 36.8 Å². The zero-order chi connectivity index (χ0) is 24.3. The Labute approximate surface area is 207 Å². The normalized spacial score (nSPS) is 15.3. The lowest BCUT2D eigenvalue weighted by Gasteiger charge is -2.32. The van der Waals surface area contributed by atoms with Crippen molar-refractivity contribution in [2.75, 3.05) is 43.3 Å². The van der Waals surface area contributed by atoms with E-state index in [2.05, 4.69) is 36.9 Å². The monoisotopic (exact) mass is 520 g/mol. The molecule has 1 amide bonds. The summed E-state index contributed by atoms with van der Waals surface area (Å²) in [6, 6.07) is 11.4. The van der Waals surface area contributed by atoms with Crippen molar-refractivity contribution in [1.82, 2.24) is 19.8 Å². The zero-order valence-corrected chi connectivity index (χ0v) is 21.2. The van der Waals surface area contributed by atoms with Crippen molar-refractivity contribution in [2.24, 2.45) is 0 Å². The number of piperazine rings is 1. The van der Waals surface area contributed by atoms with Crippen LogP contribution in [0.5, 0.6) is 0 Å². The Kier molecular flexibility index (Phi) is 7.48. The number of nitrogens with zero attached hydrogens (tertiary/aromatic N) is 4. The highest BCUT2D eigenvalue weighted by Gasteiger charge is 2.24. The molecule has 1 fully saturated rings. The molecule has 2 N–H and O–H groups in total. The van der Waals surface area contributed by atoms with E-state index < -0.39 is 10.0 Å². The predicted octanol–water partition coefficient (Wildman–Crippen LogP) is 3.37. The molecule has 0 saturated carbocycles. The van der Waals surface area contributed by atoms with Crippen molar-refractivity contribution in [3.8, 4) is 10.4 Å². The second kappa shape index (κ2) is 10.4. The van der Waals surface area contributed by atoms with Crippen molar-refractivity contribution in [3.05, 3.63) is 53.3 Å². The summed E-state index contributed by atoms with van der Waals surface area (Å²) in [6.07, 6.45) is 0. The number of hydrogen-bond donors (Lipinski definition) is 2. The fraction of sp³-hybridized carbons (Fsp3) is 0.318. The maximum atomic E-state index is 13.0. The number of carbonyl (C=O) groups excluding carboxylic acids is 1. The van der Waals surface area contributed by atoms with Crippen molar-refractivity contribution in [2.45, 2.75) is 18.4 Å². The maximum absolute atomic E-state index is 13.0. The Hall–Kier alpha value is -2.57. The van der Waals surface area contributed by atoms with Gasteiger partial charge in [-0.25, -0.2) is 18.4 Å². The molecule has 0 bridgehead atoms. The standard InChI is InChI=1S/C22H25ClN6O3S2/c1-15(30)24-22-25-18(14-29-12-10-28(2)11-13-29)20(33-22)17-8-9-19(23)26-21(17)27-34(31,32)16-6-4-3-5-7-16/h3-9H,10-14H2,1-2H3,(H,26,27)(H,24,25,30). The Morgan fingerprint density at radius 1 is 1.09 bits per heavy atom. The molecule has 4 rings (SSSR count). The molecule has 2 aromatic heterocycles. The number of anilines is 2. The number of amides is 1. The minimum atomic E-state index is -3.89. The average molecular weight is 521 g/mol. The molecule has 12 heteroatoms. The minimum Gasteiger partial charge on any atom is -0.304 e. The Morgan fingerprint density at radius 3 is 2.47 bits per heavy atom. The van der Waals surface area contributed by atoms with E-state index in [1.54, 1.807) is 30.3 Å². The smallest absolute Gasteiger partial charge is 0.263 e. The third-order valence-electron chi connectivity index (χ3n) is 5.34. The summed E-state index contributed by atoms with van der Waals surface area (Å²) in [6.45, 7) is 5.65. The van der Waals surface area contributed by atoms with Gasteiger partial charge in [-0.2, -0.15) is 0 Å². The Bertz CT molecular complexity index is 1280. The maximum Gasteiger partial charge on any atom is 0.263 e. The fourth-order valence-corrected chi connectivity index (χ4v) is 5.81. The van der Waals surface area contributed by atoms with Crippen molar-refractivity contribution in [3.63, 3.8) is 0 Å². The molecular formula is C22H25ClN6O3S2. The number of hydrogen-bond acceptors (Lipinski definition) is 8. The fourth-order valence-electron chi connectivity index (χ4n) is 3.57. The summed E-state index contributed by atoms with van der Waals surface area (Å²) >= 11 is 7.41. The van der Waals surface area contributed by atoms with Crippen LogP contribution in [0.3, 0.4) is 0 Å². The molecule has 1 aliphatic rings. The zero-order valence-electron chi connectivity index (χ0n) is 18.8. The summed E-state index contributed by atoms with van der Waals surface area (Å²) in [5, 5.41) is 3.34. The van der Waals surface area contributed by atoms with E-state index in [9.17, 15) is 13.2 Å². The van der Waals surface area contributed by atoms with Gasteiger partial charge in [-0.1, -0.05) is 41.1 Å². The van der Waals surface area contributed by atoms with Gasteiger partial charge >= 0.3 is 0 Å². The van der Waals surface area contributed by atoms with Gasteiger partial charge in [-0.05, 0) is 31.3 Å². The van der Waals surface area contributed by atoms with Crippen LogP contribution < -0.4 is 10.0 Å². The molecule has 0 atom stereocenters. The SMILES string of the molecule is CC(=O)Nc1nc(CN2CCN(C)CC2)c(-c2ccc(Cl)nc2NS(=O)(=O)c2ccccc2)s1. The van der Waals surface area contributed by atoms with Crippen LogP contribution in [-0.4, -0.2) is 67.3 Å². The van der Waals surface area contributed by atoms with Gasteiger partial charge in [0.1, 0.15) is 11.0 Å². The molecule has 1 aliphatic heterocycles. The number of halogens is 1. The second-order valence-electron chi connectivity index (χ2n) is 8.00. The number of pyridine rings is 1. The summed E-state index contributed by atoms with van der Waals surface area (Å²) in [5.41, 5.74) is 1.28. The topological polar surface area (TPSA) is 108 Å². The second-order valence-corrected chi connectivity index (χ2v) is 11.1. The molecule has 0 aliphatic carbocycles. The van der Waals surface area contributed by atoms with Gasteiger partial charge in [0.05, 0.1) is 15.5 Å². The van der Waals surface area contributed by atoms with Crippen molar-refractivity contribution < 1.29 is 13.2 Å². The Morgan fingerprint density at radius 2 is 1.79 bits per heavy atom. The van der Waals surface area contributed by atoms with E-state index in [-0.39, 0.29) is 21.8 Å². The molecular weight excluding hydrogens is 496 g/mol. The minimum absolute atomic E-state index is 0.106. The lowest BCUT2D eigenvalue weighted by molar-refractivity contribution is -0.114. The number of thiazole rings is 1. The highest BCUT2D eigenvalue weighted by Crippen LogP contribution is 2.38. The van der Waals surface area contributed by atoms with E-state index in [1.807, 2.05) is 0 Å². The van der Waals surface area contributed by atoms with Crippen LogP contribution >= 0.6 is 22.9 Å². The summed E-state index contributed by atoms with van der Waals surface area (Å²) in [7, 11) is -1.80. The largest absolute Gasteiger partial charge is 0.304 e. The molecule has 3 aromatic rings. The van der Waals surface area contributed by atoms with Gasteiger partial charge in [0.2, 0.25) is 5.91 Å². The number of likely N-dealkylation sites (N-methyl/N-ethyl adjacent to an activating group) is 1. The molecule has 1 saturated heterocycles. The summed E-state index contributed by atoms with van der Waals surface area (Å²) in [4.78, 5) is 26.0. The first kappa shape index (κ1) is 24.6. The van der Waals surface area contributed by atoms with Gasteiger partial charge in [0.15, 0.2) is 5.13 Å². The molecule has 0 radical (unpaired) electrons. The highest BCUT2D eigenvalue weighted by atomic mass is 35.5. The molecule has 0 unspecified atom stereocenters. The van der Waals surface area contributed by atoms with E-state index in [4.69, 9.17) is 11.6 Å². The molecule has 3 heterocycles. The molecule has 9 nitrogen and oxygen atoms in total. The van der Waals surface area contributed by atoms with Crippen molar-refractivity contribution in [1.29, 1.82) is 0 Å². The lowest BCUT2D eigenvalue weighted by Crippen LogP contribution is -2.44. The van der Waals surface area contributed by atoms with E-state index in [0.29, 0.717) is 17.2 Å². The molecule has 0 spiro atoms. The number of benzene rings is 1. The number of nitrogens with one attached hydrogen (secondary N) is 2. The molecule has 34 heavy (non-hydrogen) atoms. The van der Waals surface area contributed by atoms with Gasteiger partial charge in [-0.15, -0.1) is 0 Å². The quantitative estimate of drug-likeness (QED) is 0.460. The van der Waals surface area contributed by atoms with E-state index in [1.165, 1.54) is 30.4 Å². The van der Waals surface area contributed by atoms with Crippen LogP contribution in [-0.2, 0) is 21.4 Å². The third kappa shape index (κ3) is 5.91. The van der Waals surface area contributed by atoms with Crippen LogP contribution in [0.25, 0.3) is 10.4 Å². The summed E-state index contributed by atoms with van der Waals surface area (Å²) < 4.78 is 28.6. The van der Waals surface area contributed by atoms with Crippen LogP contribution in [0.2, 0.25) is 5.15 Å². The summed E-state index contributed by atoms with van der Waals surface area (Å²) in [5.74, 6) is -0.125. The Balaban J connectivity index is 1.73. The van der Waals surface area contributed by atoms with Crippen molar-refractivity contribution >= 4 is 49.8 Å². The number of sulfonamides is 1. The van der Waals surface area contributed by atoms with Gasteiger partial charge in [0, 0.05) is 45.2 Å². The predicted molar refractivity (Wildman–Crippen MR) is 135 cm³/mol. The van der Waals surface area contributed by atoms with Crippen LogP contribution in [0.1, 0.15) is 12.6 Å². The van der Waals surface area contributed by atoms with Gasteiger partial charge in [-0.3, -0.25) is 14.4 Å². The van der Waals surface area contributed by atoms with Gasteiger partial charge in [0.25, 0.3) is 10.0 Å². The number of aromatic nitrogens is 2. The molecule has 180 valence electrons. The van der Waals surface area contributed by atoms with E-state index >= 15 is 0 Å². The first-order chi connectivity index (χ1) is 16.2. The first-order valence-electron chi connectivity index (χ1n) is 10.6. The van der Waals surface area contributed by atoms with Crippen LogP contribution in [0.4, 0.5) is 10.9 Å². The number of carbonyl (C=O) groups is 1. The van der Waals surface area contributed by atoms with Crippen LogP contribution in [0, 0.1) is 0 Å². The first-order valence-corrected chi connectivity index (χ1v) is 13.3. The third-order valence-corrected chi connectivity index (χ3v) is 7.95. The average Bonchev–Trinajstić information content (AvgIpc) is 3.17. The van der Waals surface area contributed by atoms with Crippen LogP contribution in [0.15, 0.2) is 47.4 Å². The van der Waals surface area contributed by atoms with Gasteiger partial charge < -0.3 is 10.2 Å². The molecule has 1 aromatic carbocycles. The highest BCUT2D eigenvalue weighted by molar-refractivity contribution is 7.92.